The van der Waals surface area contributed by atoms with Crippen molar-refractivity contribution in [2.24, 2.45) is 0 Å². The Balaban J connectivity index is 1.68. The number of carbonyl (C=O) groups excluding carboxylic acids is 1. The van der Waals surface area contributed by atoms with E-state index < -0.39 is 4.92 Å². The number of piperazine rings is 1. The van der Waals surface area contributed by atoms with E-state index in [0.717, 1.165) is 10.6 Å². The lowest BCUT2D eigenvalue weighted by Crippen LogP contribution is -2.48. The molecule has 0 bridgehead atoms. The van der Waals surface area contributed by atoms with Gasteiger partial charge in [-0.25, -0.2) is 0 Å². The number of thiophene rings is 1. The van der Waals surface area contributed by atoms with Crippen molar-refractivity contribution < 1.29 is 9.72 Å². The van der Waals surface area contributed by atoms with Crippen molar-refractivity contribution in [3.8, 4) is 0 Å². The van der Waals surface area contributed by atoms with Crippen LogP contribution in [0.25, 0.3) is 0 Å². The zero-order chi connectivity index (χ0) is 17.1. The second-order valence-corrected chi connectivity index (χ2v) is 6.41. The molecule has 1 aliphatic heterocycles. The van der Waals surface area contributed by atoms with Crippen LogP contribution in [0.3, 0.4) is 0 Å². The summed E-state index contributed by atoms with van der Waals surface area (Å²) < 4.78 is 0. The molecular weight excluding hydrogens is 328 g/mol. The van der Waals surface area contributed by atoms with Crippen LogP contribution in [0.15, 0.2) is 35.7 Å². The van der Waals surface area contributed by atoms with Crippen molar-refractivity contribution in [1.29, 1.82) is 0 Å². The molecule has 0 spiro atoms. The summed E-state index contributed by atoms with van der Waals surface area (Å²) in [6.45, 7) is 2.70. The van der Waals surface area contributed by atoms with Crippen LogP contribution in [0.1, 0.15) is 9.67 Å². The summed E-state index contributed by atoms with van der Waals surface area (Å²) in [6.07, 6.45) is 0. The lowest BCUT2D eigenvalue weighted by molar-refractivity contribution is -0.383. The molecule has 1 N–H and O–H groups in total. The second-order valence-electron chi connectivity index (χ2n) is 5.47. The molecule has 1 aromatic heterocycles. The number of rotatable bonds is 4. The van der Waals surface area contributed by atoms with E-state index in [1.165, 1.54) is 17.4 Å². The van der Waals surface area contributed by atoms with Crippen LogP contribution in [-0.2, 0) is 0 Å². The molecule has 0 atom stereocenters. The number of anilines is 2. The Morgan fingerprint density at radius 3 is 2.58 bits per heavy atom. The third kappa shape index (κ3) is 3.18. The number of hydrogen-bond donors (Lipinski definition) is 1. The van der Waals surface area contributed by atoms with Gasteiger partial charge in [0.05, 0.1) is 9.80 Å². The minimum absolute atomic E-state index is 0.0627. The predicted molar refractivity (Wildman–Crippen MR) is 95.1 cm³/mol. The molecule has 1 fully saturated rings. The van der Waals surface area contributed by atoms with E-state index >= 15 is 0 Å². The second kappa shape index (κ2) is 6.88. The summed E-state index contributed by atoms with van der Waals surface area (Å²) in [5, 5.41) is 15.8. The highest BCUT2D eigenvalue weighted by molar-refractivity contribution is 7.12. The van der Waals surface area contributed by atoms with Gasteiger partial charge in [0.1, 0.15) is 5.69 Å². The van der Waals surface area contributed by atoms with Gasteiger partial charge in [-0.15, -0.1) is 11.3 Å². The zero-order valence-electron chi connectivity index (χ0n) is 13.3. The van der Waals surface area contributed by atoms with E-state index in [-0.39, 0.29) is 11.6 Å². The highest BCUT2D eigenvalue weighted by atomic mass is 32.1. The molecule has 8 heteroatoms. The zero-order valence-corrected chi connectivity index (χ0v) is 14.1. The van der Waals surface area contributed by atoms with Crippen molar-refractivity contribution in [3.05, 3.63) is 50.7 Å². The highest BCUT2D eigenvalue weighted by Crippen LogP contribution is 2.29. The Morgan fingerprint density at radius 2 is 2.00 bits per heavy atom. The van der Waals surface area contributed by atoms with E-state index in [0.29, 0.717) is 31.9 Å². The Bertz CT molecular complexity index is 740. The molecule has 1 amide bonds. The van der Waals surface area contributed by atoms with Gasteiger partial charge in [-0.3, -0.25) is 14.9 Å². The average Bonchev–Trinajstić information content (AvgIpc) is 3.15. The number of nitrogens with zero attached hydrogens (tertiary/aromatic N) is 3. The van der Waals surface area contributed by atoms with Gasteiger partial charge in [0.2, 0.25) is 0 Å². The molecule has 7 nitrogen and oxygen atoms in total. The molecule has 126 valence electrons. The molecule has 0 unspecified atom stereocenters. The first-order valence-electron chi connectivity index (χ1n) is 7.64. The monoisotopic (exact) mass is 346 g/mol. The molecular formula is C16H18N4O3S. The first kappa shape index (κ1) is 16.3. The van der Waals surface area contributed by atoms with Crippen LogP contribution in [0, 0.1) is 10.1 Å². The topological polar surface area (TPSA) is 78.7 Å². The van der Waals surface area contributed by atoms with Gasteiger partial charge in [-0.2, -0.15) is 0 Å². The standard InChI is InChI=1S/C16H18N4O3S/c1-17-13-11-12(4-5-14(13)20(22)23)18-6-8-19(9-7-18)16(21)15-3-2-10-24-15/h2-5,10-11,17H,6-9H2,1H3. The Kier molecular flexibility index (Phi) is 4.66. The summed E-state index contributed by atoms with van der Waals surface area (Å²) in [4.78, 5) is 27.7. The number of amides is 1. The lowest BCUT2D eigenvalue weighted by Gasteiger charge is -2.36. The third-order valence-electron chi connectivity index (χ3n) is 4.11. The first-order chi connectivity index (χ1) is 11.6. The number of nitrogens with one attached hydrogen (secondary N) is 1. The highest BCUT2D eigenvalue weighted by Gasteiger charge is 2.24. The smallest absolute Gasteiger partial charge is 0.292 e. The van der Waals surface area contributed by atoms with Gasteiger partial charge in [-0.05, 0) is 23.6 Å². The molecule has 3 rings (SSSR count). The molecule has 1 aromatic carbocycles. The Morgan fingerprint density at radius 1 is 1.25 bits per heavy atom. The van der Waals surface area contributed by atoms with Crippen molar-refractivity contribution in [2.45, 2.75) is 0 Å². The molecule has 0 saturated carbocycles. The summed E-state index contributed by atoms with van der Waals surface area (Å²) in [5.74, 6) is 0.0734. The van der Waals surface area contributed by atoms with E-state index in [1.807, 2.05) is 22.4 Å². The van der Waals surface area contributed by atoms with Crippen LogP contribution >= 0.6 is 11.3 Å². The summed E-state index contributed by atoms with van der Waals surface area (Å²) >= 11 is 1.45. The first-order valence-corrected chi connectivity index (χ1v) is 8.52. The van der Waals surface area contributed by atoms with Crippen LogP contribution in [0.4, 0.5) is 17.1 Å². The van der Waals surface area contributed by atoms with Crippen molar-refractivity contribution in [2.75, 3.05) is 43.4 Å². The number of nitro benzene ring substituents is 1. The van der Waals surface area contributed by atoms with E-state index in [9.17, 15) is 14.9 Å². The van der Waals surface area contributed by atoms with Gasteiger partial charge in [-0.1, -0.05) is 6.07 Å². The van der Waals surface area contributed by atoms with Gasteiger partial charge >= 0.3 is 0 Å². The molecule has 2 aromatic rings. The number of carbonyl (C=O) groups is 1. The third-order valence-corrected chi connectivity index (χ3v) is 4.97. The largest absolute Gasteiger partial charge is 0.383 e. The van der Waals surface area contributed by atoms with Crippen molar-refractivity contribution in [3.63, 3.8) is 0 Å². The van der Waals surface area contributed by atoms with Crippen LogP contribution in [-0.4, -0.2) is 49.0 Å². The fraction of sp³-hybridized carbons (Fsp3) is 0.312. The normalized spacial score (nSPS) is 14.5. The van der Waals surface area contributed by atoms with Gasteiger partial charge in [0, 0.05) is 45.0 Å². The SMILES string of the molecule is CNc1cc(N2CCN(C(=O)c3cccs3)CC2)ccc1[N+](=O)[O-]. The maximum atomic E-state index is 12.4. The maximum Gasteiger partial charge on any atom is 0.292 e. The van der Waals surface area contributed by atoms with Crippen LogP contribution in [0.5, 0.6) is 0 Å². The minimum atomic E-state index is -0.396. The van der Waals surface area contributed by atoms with Crippen LogP contribution < -0.4 is 10.2 Å². The van der Waals surface area contributed by atoms with Gasteiger partial charge < -0.3 is 15.1 Å². The molecule has 1 aliphatic rings. The Labute approximate surface area is 143 Å². The van der Waals surface area contributed by atoms with Crippen molar-refractivity contribution >= 4 is 34.3 Å². The quantitative estimate of drug-likeness (QED) is 0.680. The van der Waals surface area contributed by atoms with E-state index in [2.05, 4.69) is 10.2 Å². The maximum absolute atomic E-state index is 12.4. The minimum Gasteiger partial charge on any atom is -0.383 e. The molecule has 0 radical (unpaired) electrons. The van der Waals surface area contributed by atoms with Gasteiger partial charge in [0.25, 0.3) is 11.6 Å². The summed E-state index contributed by atoms with van der Waals surface area (Å²) in [7, 11) is 1.67. The lowest BCUT2D eigenvalue weighted by atomic mass is 10.2. The van der Waals surface area contributed by atoms with Crippen LogP contribution in [0.2, 0.25) is 0 Å². The fourth-order valence-electron chi connectivity index (χ4n) is 2.80. The van der Waals surface area contributed by atoms with Gasteiger partial charge in [0.15, 0.2) is 0 Å². The molecule has 1 saturated heterocycles. The summed E-state index contributed by atoms with van der Waals surface area (Å²) in [6, 6.07) is 8.79. The van der Waals surface area contributed by atoms with E-state index in [4.69, 9.17) is 0 Å². The molecule has 2 heterocycles. The summed E-state index contributed by atoms with van der Waals surface area (Å²) in [5.41, 5.74) is 1.48. The number of hydrogen-bond acceptors (Lipinski definition) is 6. The predicted octanol–water partition coefficient (Wildman–Crippen LogP) is 2.66. The number of benzene rings is 1. The Hall–Kier alpha value is -2.61. The molecule has 0 aliphatic carbocycles. The van der Waals surface area contributed by atoms with E-state index in [1.54, 1.807) is 19.2 Å². The average molecular weight is 346 g/mol. The fourth-order valence-corrected chi connectivity index (χ4v) is 3.49. The van der Waals surface area contributed by atoms with Crippen molar-refractivity contribution in [1.82, 2.24) is 4.90 Å². The molecule has 24 heavy (non-hydrogen) atoms. The number of nitro groups is 1.